The van der Waals surface area contributed by atoms with Crippen LogP contribution < -0.4 is 4.90 Å². The van der Waals surface area contributed by atoms with Gasteiger partial charge in [-0.15, -0.1) is 0 Å². The highest BCUT2D eigenvalue weighted by molar-refractivity contribution is 9.09. The molecule has 0 aliphatic heterocycles. The molecule has 1 aromatic rings. The Balaban J connectivity index is 2.15. The lowest BCUT2D eigenvalue weighted by Gasteiger charge is -2.25. The highest BCUT2D eigenvalue weighted by Gasteiger charge is 2.42. The second-order valence-corrected chi connectivity index (χ2v) is 5.18. The summed E-state index contributed by atoms with van der Waals surface area (Å²) in [6, 6.07) is 10.0. The van der Waals surface area contributed by atoms with Crippen molar-refractivity contribution in [2.45, 2.75) is 12.8 Å². The molecule has 16 heavy (non-hydrogen) atoms. The zero-order valence-electron chi connectivity index (χ0n) is 9.41. The van der Waals surface area contributed by atoms with E-state index in [1.165, 1.54) is 12.8 Å². The number of rotatable bonds is 4. The maximum Gasteiger partial charge on any atom is 0.101 e. The Hall–Kier alpha value is -1.01. The number of nitrogens with zero attached hydrogens (tertiary/aromatic N) is 2. The molecule has 3 heteroatoms. The second kappa shape index (κ2) is 4.47. The van der Waals surface area contributed by atoms with Gasteiger partial charge in [0.15, 0.2) is 0 Å². The van der Waals surface area contributed by atoms with Gasteiger partial charge in [-0.3, -0.25) is 0 Å². The van der Waals surface area contributed by atoms with Crippen LogP contribution in [-0.4, -0.2) is 18.9 Å². The number of hydrogen-bond acceptors (Lipinski definition) is 2. The first kappa shape index (κ1) is 11.5. The molecule has 0 bridgehead atoms. The minimum atomic E-state index is 0.442. The minimum Gasteiger partial charge on any atom is -0.373 e. The van der Waals surface area contributed by atoms with Crippen molar-refractivity contribution in [2.75, 3.05) is 23.8 Å². The number of halogens is 1. The predicted molar refractivity (Wildman–Crippen MR) is 69.9 cm³/mol. The monoisotopic (exact) mass is 278 g/mol. The molecule has 0 amide bonds. The Morgan fingerprint density at radius 3 is 2.69 bits per heavy atom. The van der Waals surface area contributed by atoms with Gasteiger partial charge in [0, 0.05) is 18.9 Å². The third-order valence-electron chi connectivity index (χ3n) is 3.25. The van der Waals surface area contributed by atoms with Crippen LogP contribution in [0.3, 0.4) is 0 Å². The average Bonchev–Trinajstić information content (AvgIpc) is 3.09. The fourth-order valence-electron chi connectivity index (χ4n) is 2.00. The van der Waals surface area contributed by atoms with Crippen molar-refractivity contribution in [3.8, 4) is 6.07 Å². The van der Waals surface area contributed by atoms with E-state index in [1.54, 1.807) is 0 Å². The molecule has 2 nitrogen and oxygen atoms in total. The van der Waals surface area contributed by atoms with Crippen LogP contribution in [0.5, 0.6) is 0 Å². The molecule has 0 atom stereocenters. The SMILES string of the molecule is CN(CC1(CBr)CC1)c1ccccc1C#N. The van der Waals surface area contributed by atoms with Crippen LogP contribution in [0.1, 0.15) is 18.4 Å². The van der Waals surface area contributed by atoms with Gasteiger partial charge in [0.25, 0.3) is 0 Å². The van der Waals surface area contributed by atoms with Crippen molar-refractivity contribution in [3.63, 3.8) is 0 Å². The molecule has 1 aromatic carbocycles. The molecular formula is C13H15BrN2. The van der Waals surface area contributed by atoms with E-state index in [0.717, 1.165) is 23.1 Å². The van der Waals surface area contributed by atoms with Crippen molar-refractivity contribution >= 4 is 21.6 Å². The van der Waals surface area contributed by atoms with Gasteiger partial charge < -0.3 is 4.90 Å². The van der Waals surface area contributed by atoms with Crippen LogP contribution in [-0.2, 0) is 0 Å². The fraction of sp³-hybridized carbons (Fsp3) is 0.462. The van der Waals surface area contributed by atoms with Crippen molar-refractivity contribution < 1.29 is 0 Å². The van der Waals surface area contributed by atoms with Crippen LogP contribution >= 0.6 is 15.9 Å². The lowest BCUT2D eigenvalue weighted by Crippen LogP contribution is -2.27. The summed E-state index contributed by atoms with van der Waals surface area (Å²) in [4.78, 5) is 2.20. The van der Waals surface area contributed by atoms with E-state index in [-0.39, 0.29) is 0 Å². The van der Waals surface area contributed by atoms with E-state index >= 15 is 0 Å². The zero-order valence-corrected chi connectivity index (χ0v) is 11.0. The van der Waals surface area contributed by atoms with Gasteiger partial charge in [0.2, 0.25) is 0 Å². The van der Waals surface area contributed by atoms with E-state index in [0.29, 0.717) is 5.41 Å². The van der Waals surface area contributed by atoms with Crippen LogP contribution in [0.4, 0.5) is 5.69 Å². The Kier molecular flexibility index (Phi) is 3.20. The number of para-hydroxylation sites is 1. The standard InChI is InChI=1S/C13H15BrN2/c1-16(10-13(9-14)6-7-13)12-5-3-2-4-11(12)8-15/h2-5H,6-7,9-10H2,1H3. The van der Waals surface area contributed by atoms with E-state index in [4.69, 9.17) is 5.26 Å². The number of anilines is 1. The summed E-state index contributed by atoms with van der Waals surface area (Å²) in [6.07, 6.45) is 2.58. The molecule has 0 saturated heterocycles. The highest BCUT2D eigenvalue weighted by atomic mass is 79.9. The summed E-state index contributed by atoms with van der Waals surface area (Å²) in [5, 5.41) is 10.1. The normalized spacial score (nSPS) is 16.6. The smallest absolute Gasteiger partial charge is 0.101 e. The molecule has 1 saturated carbocycles. The zero-order chi connectivity index (χ0) is 11.6. The first-order valence-electron chi connectivity index (χ1n) is 5.47. The topological polar surface area (TPSA) is 27.0 Å². The summed E-state index contributed by atoms with van der Waals surface area (Å²) in [5.41, 5.74) is 2.24. The molecule has 1 fully saturated rings. The molecule has 2 rings (SSSR count). The molecule has 0 heterocycles. The van der Waals surface area contributed by atoms with Gasteiger partial charge in [-0.2, -0.15) is 5.26 Å². The quantitative estimate of drug-likeness (QED) is 0.791. The number of benzene rings is 1. The molecule has 0 N–H and O–H groups in total. The van der Waals surface area contributed by atoms with Gasteiger partial charge in [-0.1, -0.05) is 28.1 Å². The Morgan fingerprint density at radius 2 is 2.12 bits per heavy atom. The third-order valence-corrected chi connectivity index (χ3v) is 4.44. The Bertz CT molecular complexity index is 418. The summed E-state index contributed by atoms with van der Waals surface area (Å²) in [5.74, 6) is 0. The first-order valence-corrected chi connectivity index (χ1v) is 6.59. The number of nitriles is 1. The number of hydrogen-bond donors (Lipinski definition) is 0. The summed E-state index contributed by atoms with van der Waals surface area (Å²) in [6.45, 7) is 1.02. The van der Waals surface area contributed by atoms with Crippen molar-refractivity contribution in [1.29, 1.82) is 5.26 Å². The molecule has 0 aromatic heterocycles. The third kappa shape index (κ3) is 2.22. The second-order valence-electron chi connectivity index (χ2n) is 4.62. The molecule has 84 valence electrons. The molecule has 1 aliphatic rings. The molecule has 0 spiro atoms. The molecule has 0 radical (unpaired) electrons. The molecule has 0 unspecified atom stereocenters. The van der Waals surface area contributed by atoms with Crippen LogP contribution in [0.25, 0.3) is 0 Å². The summed E-state index contributed by atoms with van der Waals surface area (Å²) >= 11 is 3.58. The van der Waals surface area contributed by atoms with Crippen LogP contribution in [0.15, 0.2) is 24.3 Å². The Labute approximate surface area is 105 Å². The van der Waals surface area contributed by atoms with Gasteiger partial charge in [0.1, 0.15) is 6.07 Å². The largest absolute Gasteiger partial charge is 0.373 e. The maximum absolute atomic E-state index is 9.05. The van der Waals surface area contributed by atoms with Crippen molar-refractivity contribution in [3.05, 3.63) is 29.8 Å². The van der Waals surface area contributed by atoms with E-state index in [9.17, 15) is 0 Å². The minimum absolute atomic E-state index is 0.442. The van der Waals surface area contributed by atoms with Gasteiger partial charge in [-0.05, 0) is 30.4 Å². The van der Waals surface area contributed by atoms with Crippen LogP contribution in [0, 0.1) is 16.7 Å². The summed E-state index contributed by atoms with van der Waals surface area (Å²) in [7, 11) is 2.07. The summed E-state index contributed by atoms with van der Waals surface area (Å²) < 4.78 is 0. The number of alkyl halides is 1. The lowest BCUT2D eigenvalue weighted by atomic mass is 10.1. The lowest BCUT2D eigenvalue weighted by molar-refractivity contribution is 0.583. The van der Waals surface area contributed by atoms with Gasteiger partial charge in [0.05, 0.1) is 11.3 Å². The average molecular weight is 279 g/mol. The first-order chi connectivity index (χ1) is 7.71. The highest BCUT2D eigenvalue weighted by Crippen LogP contribution is 2.48. The molecular weight excluding hydrogens is 264 g/mol. The van der Waals surface area contributed by atoms with E-state index in [1.807, 2.05) is 24.3 Å². The van der Waals surface area contributed by atoms with Crippen molar-refractivity contribution in [1.82, 2.24) is 0 Å². The van der Waals surface area contributed by atoms with Crippen LogP contribution in [0.2, 0.25) is 0 Å². The maximum atomic E-state index is 9.05. The fourth-order valence-corrected chi connectivity index (χ4v) is 2.74. The van der Waals surface area contributed by atoms with Gasteiger partial charge in [-0.25, -0.2) is 0 Å². The van der Waals surface area contributed by atoms with E-state index in [2.05, 4.69) is 33.9 Å². The molecule has 1 aliphatic carbocycles. The van der Waals surface area contributed by atoms with Gasteiger partial charge >= 0.3 is 0 Å². The Morgan fingerprint density at radius 1 is 1.44 bits per heavy atom. The van der Waals surface area contributed by atoms with E-state index < -0.39 is 0 Å². The van der Waals surface area contributed by atoms with Crippen molar-refractivity contribution in [2.24, 2.45) is 5.41 Å². The predicted octanol–water partition coefficient (Wildman–Crippen LogP) is 3.17.